The van der Waals surface area contributed by atoms with Crippen LogP contribution in [-0.2, 0) is 22.5 Å². The van der Waals surface area contributed by atoms with E-state index >= 15 is 0 Å². The smallest absolute Gasteiger partial charge is 0.246 e. The van der Waals surface area contributed by atoms with Gasteiger partial charge in [-0.3, -0.25) is 9.79 Å². The SMILES string of the molecule is CN=C(NCC(=O)N1CCc2ccccc21)NCc1ccc(C)cc1OCC1CCCO1. The molecule has 1 saturated heterocycles. The molecule has 0 aliphatic carbocycles. The lowest BCUT2D eigenvalue weighted by atomic mass is 10.1. The number of aliphatic imine (C=N–C) groups is 1. The average molecular weight is 437 g/mol. The summed E-state index contributed by atoms with van der Waals surface area (Å²) in [6.45, 7) is 4.89. The number of para-hydroxylation sites is 1. The zero-order valence-corrected chi connectivity index (χ0v) is 18.9. The van der Waals surface area contributed by atoms with Gasteiger partial charge in [0.2, 0.25) is 5.91 Å². The van der Waals surface area contributed by atoms with Crippen LogP contribution in [0, 0.1) is 6.92 Å². The van der Waals surface area contributed by atoms with Gasteiger partial charge in [-0.2, -0.15) is 0 Å². The summed E-state index contributed by atoms with van der Waals surface area (Å²) in [5.41, 5.74) is 4.42. The van der Waals surface area contributed by atoms with Gasteiger partial charge in [-0.15, -0.1) is 0 Å². The van der Waals surface area contributed by atoms with Crippen molar-refractivity contribution in [3.05, 3.63) is 59.2 Å². The lowest BCUT2D eigenvalue weighted by molar-refractivity contribution is -0.117. The van der Waals surface area contributed by atoms with Gasteiger partial charge in [0.1, 0.15) is 12.4 Å². The monoisotopic (exact) mass is 436 g/mol. The first kappa shape index (κ1) is 22.1. The first-order valence-corrected chi connectivity index (χ1v) is 11.3. The number of hydrogen-bond acceptors (Lipinski definition) is 4. The molecule has 170 valence electrons. The summed E-state index contributed by atoms with van der Waals surface area (Å²) in [4.78, 5) is 18.9. The first-order chi connectivity index (χ1) is 15.6. The van der Waals surface area contributed by atoms with Gasteiger partial charge in [0.25, 0.3) is 0 Å². The molecule has 2 aromatic rings. The van der Waals surface area contributed by atoms with Crippen molar-refractivity contribution < 1.29 is 14.3 Å². The van der Waals surface area contributed by atoms with Crippen LogP contribution in [0.25, 0.3) is 0 Å². The Labute approximate surface area is 189 Å². The van der Waals surface area contributed by atoms with E-state index < -0.39 is 0 Å². The van der Waals surface area contributed by atoms with Crippen molar-refractivity contribution in [3.8, 4) is 5.75 Å². The second-order valence-corrected chi connectivity index (χ2v) is 8.26. The molecule has 4 rings (SSSR count). The van der Waals surface area contributed by atoms with Gasteiger partial charge >= 0.3 is 0 Å². The van der Waals surface area contributed by atoms with E-state index in [1.807, 2.05) is 23.1 Å². The van der Waals surface area contributed by atoms with Crippen molar-refractivity contribution in [1.29, 1.82) is 0 Å². The van der Waals surface area contributed by atoms with E-state index in [9.17, 15) is 4.79 Å². The molecule has 0 bridgehead atoms. The number of rotatable bonds is 7. The fraction of sp³-hybridized carbons (Fsp3) is 0.440. The fourth-order valence-electron chi connectivity index (χ4n) is 4.15. The van der Waals surface area contributed by atoms with Gasteiger partial charge in [-0.05, 0) is 49.4 Å². The maximum absolute atomic E-state index is 12.8. The molecule has 2 aliphatic heterocycles. The zero-order valence-electron chi connectivity index (χ0n) is 18.9. The van der Waals surface area contributed by atoms with Crippen molar-refractivity contribution in [2.75, 3.05) is 38.3 Å². The van der Waals surface area contributed by atoms with Crippen molar-refractivity contribution >= 4 is 17.6 Å². The molecule has 0 aromatic heterocycles. The number of fused-ring (bicyclic) bond motifs is 1. The molecule has 0 spiro atoms. The van der Waals surface area contributed by atoms with Crippen molar-refractivity contribution in [2.45, 2.75) is 38.8 Å². The number of aryl methyl sites for hydroxylation is 1. The van der Waals surface area contributed by atoms with E-state index in [0.717, 1.165) is 55.0 Å². The summed E-state index contributed by atoms with van der Waals surface area (Å²) in [6.07, 6.45) is 3.22. The third-order valence-corrected chi connectivity index (χ3v) is 5.94. The van der Waals surface area contributed by atoms with Crippen LogP contribution in [0.4, 0.5) is 5.69 Å². The quantitative estimate of drug-likeness (QED) is 0.516. The Morgan fingerprint density at radius 3 is 2.94 bits per heavy atom. The highest BCUT2D eigenvalue weighted by Crippen LogP contribution is 2.27. The number of carbonyl (C=O) groups is 1. The number of anilines is 1. The largest absolute Gasteiger partial charge is 0.491 e. The van der Waals surface area contributed by atoms with Crippen LogP contribution in [-0.4, -0.2) is 51.3 Å². The summed E-state index contributed by atoms with van der Waals surface area (Å²) >= 11 is 0. The lowest BCUT2D eigenvalue weighted by Gasteiger charge is -2.19. The number of carbonyl (C=O) groups excluding carboxylic acids is 1. The standard InChI is InChI=1S/C25H32N4O3/c1-18-9-10-20(23(14-18)32-17-21-7-5-13-31-21)15-27-25(26-2)28-16-24(30)29-12-11-19-6-3-4-8-22(19)29/h3-4,6,8-10,14,21H,5,7,11-13,15-17H2,1-2H3,(H2,26,27,28). The van der Waals surface area contributed by atoms with Crippen LogP contribution < -0.4 is 20.3 Å². The lowest BCUT2D eigenvalue weighted by Crippen LogP contribution is -2.44. The molecule has 2 heterocycles. The van der Waals surface area contributed by atoms with Crippen LogP contribution in [0.5, 0.6) is 5.75 Å². The molecule has 2 aliphatic rings. The Hall–Kier alpha value is -3.06. The molecule has 2 N–H and O–H groups in total. The number of nitrogens with zero attached hydrogens (tertiary/aromatic N) is 2. The van der Waals surface area contributed by atoms with Gasteiger partial charge < -0.3 is 25.0 Å². The van der Waals surface area contributed by atoms with Crippen molar-refractivity contribution in [2.24, 2.45) is 4.99 Å². The minimum Gasteiger partial charge on any atom is -0.491 e. The maximum Gasteiger partial charge on any atom is 0.246 e. The van der Waals surface area contributed by atoms with E-state index in [2.05, 4.69) is 46.8 Å². The summed E-state index contributed by atoms with van der Waals surface area (Å²) in [5.74, 6) is 1.47. The maximum atomic E-state index is 12.8. The highest BCUT2D eigenvalue weighted by Gasteiger charge is 2.24. The highest BCUT2D eigenvalue weighted by molar-refractivity contribution is 5.98. The van der Waals surface area contributed by atoms with Gasteiger partial charge in [0.15, 0.2) is 5.96 Å². The third-order valence-electron chi connectivity index (χ3n) is 5.94. The van der Waals surface area contributed by atoms with E-state index in [1.54, 1.807) is 7.05 Å². The third kappa shape index (κ3) is 5.40. The van der Waals surface area contributed by atoms with Gasteiger partial charge in [-0.25, -0.2) is 0 Å². The van der Waals surface area contributed by atoms with Crippen LogP contribution in [0.2, 0.25) is 0 Å². The molecule has 0 saturated carbocycles. The zero-order chi connectivity index (χ0) is 22.3. The van der Waals surface area contributed by atoms with Crippen molar-refractivity contribution in [1.82, 2.24) is 10.6 Å². The second-order valence-electron chi connectivity index (χ2n) is 8.26. The van der Waals surface area contributed by atoms with Gasteiger partial charge in [0.05, 0.1) is 12.6 Å². The number of nitrogens with one attached hydrogen (secondary N) is 2. The molecule has 1 amide bonds. The molecule has 7 heteroatoms. The minimum absolute atomic E-state index is 0.0359. The average Bonchev–Trinajstić information content (AvgIpc) is 3.48. The van der Waals surface area contributed by atoms with Crippen molar-refractivity contribution in [3.63, 3.8) is 0 Å². The predicted octanol–water partition coefficient (Wildman–Crippen LogP) is 2.81. The van der Waals surface area contributed by atoms with Crippen LogP contribution in [0.3, 0.4) is 0 Å². The number of benzene rings is 2. The highest BCUT2D eigenvalue weighted by atomic mass is 16.5. The first-order valence-electron chi connectivity index (χ1n) is 11.3. The van der Waals surface area contributed by atoms with E-state index in [-0.39, 0.29) is 18.6 Å². The Balaban J connectivity index is 1.30. The van der Waals surface area contributed by atoms with Crippen LogP contribution in [0.15, 0.2) is 47.5 Å². The Kier molecular flexibility index (Phi) is 7.27. The fourth-order valence-corrected chi connectivity index (χ4v) is 4.15. The summed E-state index contributed by atoms with van der Waals surface area (Å²) in [7, 11) is 1.70. The molecule has 32 heavy (non-hydrogen) atoms. The summed E-state index contributed by atoms with van der Waals surface area (Å²) < 4.78 is 11.8. The molecule has 1 fully saturated rings. The van der Waals surface area contributed by atoms with E-state index in [4.69, 9.17) is 9.47 Å². The van der Waals surface area contributed by atoms with E-state index in [1.165, 1.54) is 5.56 Å². The molecular weight excluding hydrogens is 404 g/mol. The number of ether oxygens (including phenoxy) is 2. The molecule has 7 nitrogen and oxygen atoms in total. The minimum atomic E-state index is 0.0359. The second kappa shape index (κ2) is 10.5. The van der Waals surface area contributed by atoms with E-state index in [0.29, 0.717) is 19.1 Å². The van der Waals surface area contributed by atoms with Gasteiger partial charge in [-0.1, -0.05) is 30.3 Å². The topological polar surface area (TPSA) is 75.2 Å². The number of hydrogen-bond donors (Lipinski definition) is 2. The predicted molar refractivity (Wildman–Crippen MR) is 126 cm³/mol. The Morgan fingerprint density at radius 2 is 2.12 bits per heavy atom. The molecule has 2 aromatic carbocycles. The summed E-state index contributed by atoms with van der Waals surface area (Å²) in [6, 6.07) is 14.3. The number of amides is 1. The molecular formula is C25H32N4O3. The van der Waals surface area contributed by atoms with Crippen LogP contribution in [0.1, 0.15) is 29.5 Å². The van der Waals surface area contributed by atoms with Gasteiger partial charge in [0, 0.05) is 38.0 Å². The Bertz CT molecular complexity index is 969. The molecule has 1 unspecified atom stereocenters. The van der Waals surface area contributed by atoms with Crippen LogP contribution >= 0.6 is 0 Å². The Morgan fingerprint density at radius 1 is 1.25 bits per heavy atom. The molecule has 1 atom stereocenters. The molecule has 0 radical (unpaired) electrons. The summed E-state index contributed by atoms with van der Waals surface area (Å²) in [5, 5.41) is 6.44. The number of guanidine groups is 1. The normalized spacial score (nSPS) is 17.9.